The summed E-state index contributed by atoms with van der Waals surface area (Å²) in [7, 11) is 2.11. The van der Waals surface area contributed by atoms with E-state index in [9.17, 15) is 0 Å². The largest absolute Gasteiger partial charge is 0.485 e. The van der Waals surface area contributed by atoms with Gasteiger partial charge in [-0.3, -0.25) is 4.90 Å². The van der Waals surface area contributed by atoms with Crippen molar-refractivity contribution in [1.82, 2.24) is 15.0 Å². The Morgan fingerprint density at radius 3 is 2.59 bits per heavy atom. The molecule has 5 heteroatoms. The molecule has 1 saturated carbocycles. The third-order valence-corrected chi connectivity index (χ3v) is 4.16. The summed E-state index contributed by atoms with van der Waals surface area (Å²) < 4.78 is 11.1. The van der Waals surface area contributed by atoms with Crippen LogP contribution < -0.4 is 4.74 Å². The third-order valence-electron chi connectivity index (χ3n) is 4.16. The molecule has 0 atom stereocenters. The lowest BCUT2D eigenvalue weighted by atomic mass is 9.92. The molecule has 1 aromatic heterocycles. The summed E-state index contributed by atoms with van der Waals surface area (Å²) in [5.74, 6) is 2.10. The van der Waals surface area contributed by atoms with Crippen LogP contribution in [-0.4, -0.2) is 28.1 Å². The topological polar surface area (TPSA) is 51.4 Å². The van der Waals surface area contributed by atoms with Crippen LogP contribution in [0.15, 0.2) is 22.7 Å². The molecule has 0 aliphatic heterocycles. The molecule has 0 spiro atoms. The number of benzene rings is 1. The third kappa shape index (κ3) is 3.65. The molecule has 0 saturated heterocycles. The van der Waals surface area contributed by atoms with Crippen molar-refractivity contribution in [2.24, 2.45) is 0 Å². The molecular formula is C17H23N3O2. The lowest BCUT2D eigenvalue weighted by Crippen LogP contribution is -2.36. The van der Waals surface area contributed by atoms with Crippen molar-refractivity contribution in [3.8, 4) is 5.75 Å². The second-order valence-electron chi connectivity index (χ2n) is 6.22. The summed E-state index contributed by atoms with van der Waals surface area (Å²) in [6.45, 7) is 5.16. The minimum absolute atomic E-state index is 0.333. The Kier molecular flexibility index (Phi) is 4.43. The maximum absolute atomic E-state index is 5.75. The molecule has 0 radical (unpaired) electrons. The van der Waals surface area contributed by atoms with Gasteiger partial charge >= 0.3 is 0 Å². The molecule has 1 heterocycles. The fraction of sp³-hybridized carbons (Fsp3) is 0.529. The highest BCUT2D eigenvalue weighted by molar-refractivity contribution is 5.32. The Morgan fingerprint density at radius 2 is 1.95 bits per heavy atom. The quantitative estimate of drug-likeness (QED) is 0.819. The fourth-order valence-electron chi connectivity index (χ4n) is 2.75. The van der Waals surface area contributed by atoms with Crippen molar-refractivity contribution >= 4 is 0 Å². The summed E-state index contributed by atoms with van der Waals surface area (Å²) in [5.41, 5.74) is 2.37. The molecule has 0 amide bonds. The van der Waals surface area contributed by atoms with Gasteiger partial charge in [-0.2, -0.15) is 4.98 Å². The first-order chi connectivity index (χ1) is 10.6. The minimum atomic E-state index is 0.333. The van der Waals surface area contributed by atoms with Crippen LogP contribution in [-0.2, 0) is 13.2 Å². The first-order valence-corrected chi connectivity index (χ1v) is 7.83. The highest BCUT2D eigenvalue weighted by Gasteiger charge is 2.23. The molecule has 1 fully saturated rings. The number of rotatable bonds is 6. The zero-order chi connectivity index (χ0) is 15.5. The highest BCUT2D eigenvalue weighted by atomic mass is 16.5. The van der Waals surface area contributed by atoms with Gasteiger partial charge in [0.15, 0.2) is 6.61 Å². The van der Waals surface area contributed by atoms with Gasteiger partial charge in [0, 0.05) is 6.04 Å². The van der Waals surface area contributed by atoms with Crippen LogP contribution in [0, 0.1) is 13.8 Å². The summed E-state index contributed by atoms with van der Waals surface area (Å²) in [4.78, 5) is 6.69. The zero-order valence-electron chi connectivity index (χ0n) is 13.5. The summed E-state index contributed by atoms with van der Waals surface area (Å²) in [6.07, 6.45) is 3.87. The van der Waals surface area contributed by atoms with Crippen LogP contribution in [0.4, 0.5) is 0 Å². The predicted molar refractivity (Wildman–Crippen MR) is 83.7 cm³/mol. The maximum Gasteiger partial charge on any atom is 0.240 e. The van der Waals surface area contributed by atoms with Crippen molar-refractivity contribution < 1.29 is 9.26 Å². The second-order valence-corrected chi connectivity index (χ2v) is 6.22. The van der Waals surface area contributed by atoms with E-state index in [1.165, 1.54) is 30.4 Å². The number of aryl methyl sites for hydroxylation is 2. The van der Waals surface area contributed by atoms with E-state index < -0.39 is 0 Å². The average Bonchev–Trinajstić information content (AvgIpc) is 2.80. The lowest BCUT2D eigenvalue weighted by Gasteiger charge is -2.33. The van der Waals surface area contributed by atoms with Gasteiger partial charge in [-0.1, -0.05) is 17.6 Å². The molecule has 0 N–H and O–H groups in total. The lowest BCUT2D eigenvalue weighted by molar-refractivity contribution is 0.137. The van der Waals surface area contributed by atoms with Gasteiger partial charge < -0.3 is 9.26 Å². The zero-order valence-corrected chi connectivity index (χ0v) is 13.5. The molecule has 1 aliphatic carbocycles. The van der Waals surface area contributed by atoms with Crippen LogP contribution in [0.5, 0.6) is 5.75 Å². The first-order valence-electron chi connectivity index (χ1n) is 7.83. The van der Waals surface area contributed by atoms with E-state index in [4.69, 9.17) is 9.26 Å². The van der Waals surface area contributed by atoms with Crippen molar-refractivity contribution in [3.63, 3.8) is 0 Å². The smallest absolute Gasteiger partial charge is 0.240 e. The molecule has 118 valence electrons. The van der Waals surface area contributed by atoms with E-state index in [0.717, 1.165) is 5.75 Å². The van der Waals surface area contributed by atoms with Crippen molar-refractivity contribution in [3.05, 3.63) is 41.0 Å². The number of aromatic nitrogens is 2. The van der Waals surface area contributed by atoms with Gasteiger partial charge in [0.1, 0.15) is 5.75 Å². The van der Waals surface area contributed by atoms with Gasteiger partial charge in [-0.25, -0.2) is 0 Å². The second kappa shape index (κ2) is 6.48. The first kappa shape index (κ1) is 15.0. The van der Waals surface area contributed by atoms with E-state index in [-0.39, 0.29) is 0 Å². The van der Waals surface area contributed by atoms with E-state index in [0.29, 0.717) is 30.9 Å². The van der Waals surface area contributed by atoms with Gasteiger partial charge in [0.2, 0.25) is 11.7 Å². The Bertz CT molecular complexity index is 614. The maximum atomic E-state index is 5.75. The Hall–Kier alpha value is -1.88. The normalized spacial score (nSPS) is 15.1. The van der Waals surface area contributed by atoms with E-state index >= 15 is 0 Å². The molecule has 1 aromatic carbocycles. The predicted octanol–water partition coefficient (Wildman–Crippen LogP) is 3.25. The van der Waals surface area contributed by atoms with Crippen LogP contribution >= 0.6 is 0 Å². The summed E-state index contributed by atoms with van der Waals surface area (Å²) >= 11 is 0. The molecule has 1 aliphatic rings. The summed E-state index contributed by atoms with van der Waals surface area (Å²) in [6, 6.07) is 6.81. The number of ether oxygens (including phenoxy) is 1. The van der Waals surface area contributed by atoms with Gasteiger partial charge in [-0.15, -0.1) is 0 Å². The monoisotopic (exact) mass is 301 g/mol. The van der Waals surface area contributed by atoms with Crippen molar-refractivity contribution in [2.75, 3.05) is 7.05 Å². The molecule has 2 aromatic rings. The van der Waals surface area contributed by atoms with Gasteiger partial charge in [-0.05, 0) is 57.0 Å². The Labute approximate surface area is 131 Å². The SMILES string of the molecule is Cc1cc(C)cc(OCc2noc(CN(C)C3CCC3)n2)c1. The van der Waals surface area contributed by atoms with Crippen LogP contribution in [0.2, 0.25) is 0 Å². The molecule has 0 bridgehead atoms. The highest BCUT2D eigenvalue weighted by Crippen LogP contribution is 2.24. The Balaban J connectivity index is 1.54. The van der Waals surface area contributed by atoms with Gasteiger partial charge in [0.05, 0.1) is 6.54 Å². The molecular weight excluding hydrogens is 278 g/mol. The van der Waals surface area contributed by atoms with Crippen LogP contribution in [0.25, 0.3) is 0 Å². The standard InChI is InChI=1S/C17H23N3O2/c1-12-7-13(2)9-15(8-12)21-11-16-18-17(22-19-16)10-20(3)14-5-4-6-14/h7-9,14H,4-6,10-11H2,1-3H3. The van der Waals surface area contributed by atoms with Gasteiger partial charge in [0.25, 0.3) is 0 Å². The number of nitrogens with zero attached hydrogens (tertiary/aromatic N) is 3. The molecule has 0 unspecified atom stereocenters. The van der Waals surface area contributed by atoms with Crippen LogP contribution in [0.1, 0.15) is 42.1 Å². The average molecular weight is 301 g/mol. The molecule has 5 nitrogen and oxygen atoms in total. The molecule has 3 rings (SSSR count). The number of hydrogen-bond acceptors (Lipinski definition) is 5. The minimum Gasteiger partial charge on any atom is -0.485 e. The van der Waals surface area contributed by atoms with Crippen LogP contribution in [0.3, 0.4) is 0 Å². The summed E-state index contributed by atoms with van der Waals surface area (Å²) in [5, 5.41) is 3.99. The molecule has 22 heavy (non-hydrogen) atoms. The van der Waals surface area contributed by atoms with E-state index in [1.807, 2.05) is 12.1 Å². The van der Waals surface area contributed by atoms with Crippen molar-refractivity contribution in [2.45, 2.75) is 52.3 Å². The Morgan fingerprint density at radius 1 is 1.23 bits per heavy atom. The fourth-order valence-corrected chi connectivity index (χ4v) is 2.75. The number of hydrogen-bond donors (Lipinski definition) is 0. The van der Waals surface area contributed by atoms with E-state index in [1.54, 1.807) is 0 Å². The van der Waals surface area contributed by atoms with Crippen molar-refractivity contribution in [1.29, 1.82) is 0 Å². The van der Waals surface area contributed by atoms with E-state index in [2.05, 4.69) is 42.0 Å².